The van der Waals surface area contributed by atoms with Crippen molar-refractivity contribution in [3.05, 3.63) is 23.8 Å². The number of methoxy groups -OCH3 is 1. The van der Waals surface area contributed by atoms with Crippen LogP contribution in [0.2, 0.25) is 0 Å². The molecule has 1 N–H and O–H groups in total. The van der Waals surface area contributed by atoms with Crippen molar-refractivity contribution in [2.45, 2.75) is 72.3 Å². The maximum atomic E-state index is 11.4. The van der Waals surface area contributed by atoms with Gasteiger partial charge in [0.1, 0.15) is 0 Å². The summed E-state index contributed by atoms with van der Waals surface area (Å²) in [6, 6.07) is 0. The van der Waals surface area contributed by atoms with E-state index in [1.165, 1.54) is 25.5 Å². The third kappa shape index (κ3) is 3.61. The summed E-state index contributed by atoms with van der Waals surface area (Å²) in [4.78, 5) is 11.4. The Labute approximate surface area is 147 Å². The molecule has 4 atom stereocenters. The van der Waals surface area contributed by atoms with Gasteiger partial charge in [-0.25, -0.2) is 4.79 Å². The van der Waals surface area contributed by atoms with Gasteiger partial charge in [-0.05, 0) is 61.7 Å². The Hall–Kier alpha value is -1.09. The van der Waals surface area contributed by atoms with Crippen molar-refractivity contribution in [3.8, 4) is 0 Å². The molecule has 2 aliphatic rings. The lowest BCUT2D eigenvalue weighted by Crippen LogP contribution is -2.55. The zero-order valence-electron chi connectivity index (χ0n) is 16.0. The van der Waals surface area contributed by atoms with Crippen LogP contribution in [0.4, 0.5) is 0 Å². The molecule has 3 nitrogen and oxygen atoms in total. The molecule has 0 radical (unpaired) electrons. The van der Waals surface area contributed by atoms with E-state index in [9.17, 15) is 9.90 Å². The van der Waals surface area contributed by atoms with Gasteiger partial charge in [-0.2, -0.15) is 0 Å². The van der Waals surface area contributed by atoms with E-state index in [0.29, 0.717) is 18.3 Å². The van der Waals surface area contributed by atoms with Gasteiger partial charge in [-0.1, -0.05) is 44.9 Å². The first-order valence-corrected chi connectivity index (χ1v) is 9.22. The van der Waals surface area contributed by atoms with E-state index >= 15 is 0 Å². The molecule has 0 aromatic rings. The number of aliphatic hydroxyl groups excluding tert-OH is 1. The van der Waals surface area contributed by atoms with Crippen LogP contribution in [0.3, 0.4) is 0 Å². The molecule has 0 aromatic carbocycles. The molecule has 24 heavy (non-hydrogen) atoms. The fourth-order valence-electron chi connectivity index (χ4n) is 5.71. The number of esters is 1. The van der Waals surface area contributed by atoms with Crippen LogP contribution in [0.15, 0.2) is 23.8 Å². The summed E-state index contributed by atoms with van der Waals surface area (Å²) in [5.74, 6) is 0.443. The van der Waals surface area contributed by atoms with E-state index in [-0.39, 0.29) is 22.9 Å². The highest BCUT2D eigenvalue weighted by Crippen LogP contribution is 2.61. The highest BCUT2D eigenvalue weighted by molar-refractivity contribution is 5.82. The summed E-state index contributed by atoms with van der Waals surface area (Å²) in [6.45, 7) is 13.3. The lowest BCUT2D eigenvalue weighted by Gasteiger charge is -2.59. The van der Waals surface area contributed by atoms with Gasteiger partial charge < -0.3 is 9.84 Å². The fraction of sp³-hybridized carbons (Fsp3) is 0.762. The molecule has 0 aromatic heterocycles. The summed E-state index contributed by atoms with van der Waals surface area (Å²) in [5.41, 5.74) is 2.51. The average molecular weight is 334 g/mol. The zero-order valence-corrected chi connectivity index (χ0v) is 16.0. The van der Waals surface area contributed by atoms with Crippen LogP contribution >= 0.6 is 0 Å². The number of hydrogen-bond acceptors (Lipinski definition) is 3. The minimum absolute atomic E-state index is 0.0993. The van der Waals surface area contributed by atoms with Crippen molar-refractivity contribution >= 4 is 5.97 Å². The number of carbonyl (C=O) groups is 1. The van der Waals surface area contributed by atoms with E-state index in [1.54, 1.807) is 6.08 Å². The van der Waals surface area contributed by atoms with Gasteiger partial charge in [-0.3, -0.25) is 0 Å². The normalized spacial score (nSPS) is 36.2. The highest BCUT2D eigenvalue weighted by atomic mass is 16.5. The van der Waals surface area contributed by atoms with Crippen LogP contribution in [0.5, 0.6) is 0 Å². The second-order valence-corrected chi connectivity index (χ2v) is 8.86. The van der Waals surface area contributed by atoms with Crippen molar-refractivity contribution in [1.82, 2.24) is 0 Å². The number of carbonyl (C=O) groups excluding carboxylic acids is 1. The quantitative estimate of drug-likeness (QED) is 0.462. The Morgan fingerprint density at radius 2 is 2.04 bits per heavy atom. The third-order valence-electron chi connectivity index (χ3n) is 6.63. The van der Waals surface area contributed by atoms with Crippen LogP contribution in [0, 0.1) is 22.7 Å². The fourth-order valence-corrected chi connectivity index (χ4v) is 5.71. The smallest absolute Gasteiger partial charge is 0.330 e. The molecule has 0 amide bonds. The predicted octanol–water partition coefficient (Wildman–Crippen LogP) is 4.66. The van der Waals surface area contributed by atoms with Gasteiger partial charge in [0.15, 0.2) is 0 Å². The predicted molar refractivity (Wildman–Crippen MR) is 97.5 cm³/mol. The lowest BCUT2D eigenvalue weighted by atomic mass is 9.46. The molecule has 3 heteroatoms. The summed E-state index contributed by atoms with van der Waals surface area (Å²) in [6.07, 6.45) is 7.45. The number of rotatable bonds is 4. The zero-order chi connectivity index (χ0) is 18.1. The number of allylic oxidation sites excluding steroid dienone is 1. The van der Waals surface area contributed by atoms with Crippen LogP contribution in [0.25, 0.3) is 0 Å². The van der Waals surface area contributed by atoms with Crippen molar-refractivity contribution in [3.63, 3.8) is 0 Å². The number of hydrogen-bond donors (Lipinski definition) is 1. The second-order valence-electron chi connectivity index (χ2n) is 8.86. The standard InChI is InChI=1S/C21H34O3/c1-14(12-18(23)24-6)8-9-16-15(2)13-17(22)19-20(3,4)10-7-11-21(16,19)5/h12,16-17,19,22H,2,7-11,13H2,1,3-6H3/b14-12+/t16-,17-,19-,21+/m0/s1. The summed E-state index contributed by atoms with van der Waals surface area (Å²) in [7, 11) is 1.41. The maximum absolute atomic E-state index is 11.4. The first kappa shape index (κ1) is 19.2. The Kier molecular flexibility index (Phi) is 5.64. The average Bonchev–Trinajstić information content (AvgIpc) is 2.44. The minimum Gasteiger partial charge on any atom is -0.466 e. The molecule has 0 heterocycles. The van der Waals surface area contributed by atoms with Gasteiger partial charge in [0.2, 0.25) is 0 Å². The first-order valence-electron chi connectivity index (χ1n) is 9.22. The van der Waals surface area contributed by atoms with Crippen molar-refractivity contribution in [2.24, 2.45) is 22.7 Å². The Bertz CT molecular complexity index is 531. The van der Waals surface area contributed by atoms with Gasteiger partial charge >= 0.3 is 5.97 Å². The third-order valence-corrected chi connectivity index (χ3v) is 6.63. The summed E-state index contributed by atoms with van der Waals surface area (Å²) >= 11 is 0. The molecule has 2 fully saturated rings. The van der Waals surface area contributed by atoms with Crippen LogP contribution in [-0.2, 0) is 9.53 Å². The van der Waals surface area contributed by atoms with E-state index in [4.69, 9.17) is 4.74 Å². The van der Waals surface area contributed by atoms with Crippen molar-refractivity contribution in [2.75, 3.05) is 7.11 Å². The largest absolute Gasteiger partial charge is 0.466 e. The maximum Gasteiger partial charge on any atom is 0.330 e. The monoisotopic (exact) mass is 334 g/mol. The second kappa shape index (κ2) is 7.03. The van der Waals surface area contributed by atoms with E-state index in [0.717, 1.165) is 24.8 Å². The summed E-state index contributed by atoms with van der Waals surface area (Å²) < 4.78 is 4.71. The lowest BCUT2D eigenvalue weighted by molar-refractivity contribution is -0.134. The van der Waals surface area contributed by atoms with Gasteiger partial charge in [-0.15, -0.1) is 0 Å². The van der Waals surface area contributed by atoms with E-state index in [1.807, 2.05) is 6.92 Å². The Morgan fingerprint density at radius 3 is 2.67 bits per heavy atom. The molecule has 2 aliphatic carbocycles. The van der Waals surface area contributed by atoms with Crippen LogP contribution in [0.1, 0.15) is 66.2 Å². The van der Waals surface area contributed by atoms with Gasteiger partial charge in [0.25, 0.3) is 0 Å². The molecular weight excluding hydrogens is 300 g/mol. The number of fused-ring (bicyclic) bond motifs is 1. The van der Waals surface area contributed by atoms with E-state index in [2.05, 4.69) is 27.4 Å². The SMILES string of the molecule is C=C1C[C@H](O)[C@H]2C(C)(C)CCC[C@]2(C)[C@H]1CC/C(C)=C/C(=O)OC. The molecule has 136 valence electrons. The van der Waals surface area contributed by atoms with Crippen LogP contribution in [-0.4, -0.2) is 24.3 Å². The highest BCUT2D eigenvalue weighted by Gasteiger charge is 2.56. The Balaban J connectivity index is 2.20. The van der Waals surface area contributed by atoms with Crippen molar-refractivity contribution < 1.29 is 14.6 Å². The van der Waals surface area contributed by atoms with Crippen molar-refractivity contribution in [1.29, 1.82) is 0 Å². The molecule has 2 saturated carbocycles. The molecule has 0 saturated heterocycles. The van der Waals surface area contributed by atoms with Gasteiger partial charge in [0, 0.05) is 6.08 Å². The topological polar surface area (TPSA) is 46.5 Å². The first-order chi connectivity index (χ1) is 11.1. The molecule has 0 unspecified atom stereocenters. The molecular formula is C21H34O3. The van der Waals surface area contributed by atoms with Gasteiger partial charge in [0.05, 0.1) is 13.2 Å². The van der Waals surface area contributed by atoms with Crippen LogP contribution < -0.4 is 0 Å². The molecule has 0 aliphatic heterocycles. The molecule has 0 spiro atoms. The van der Waals surface area contributed by atoms with E-state index < -0.39 is 0 Å². The number of ether oxygens (including phenoxy) is 1. The Morgan fingerprint density at radius 1 is 1.38 bits per heavy atom. The number of aliphatic hydroxyl groups is 1. The molecule has 2 rings (SSSR count). The summed E-state index contributed by atoms with van der Waals surface area (Å²) in [5, 5.41) is 10.8. The molecule has 0 bridgehead atoms. The minimum atomic E-state index is -0.284.